The quantitative estimate of drug-likeness (QED) is 0.650. The second-order valence-electron chi connectivity index (χ2n) is 2.76. The van der Waals surface area contributed by atoms with Gasteiger partial charge in [0.25, 0.3) is 5.56 Å². The molecule has 5 nitrogen and oxygen atoms in total. The van der Waals surface area contributed by atoms with Gasteiger partial charge in [-0.3, -0.25) is 14.2 Å². The Labute approximate surface area is 105 Å². The van der Waals surface area contributed by atoms with Gasteiger partial charge in [-0.15, -0.1) is 6.42 Å². The summed E-state index contributed by atoms with van der Waals surface area (Å²) in [5.41, 5.74) is -0.421. The predicted molar refractivity (Wildman–Crippen MR) is 63.0 cm³/mol. The van der Waals surface area contributed by atoms with E-state index >= 15 is 0 Å². The van der Waals surface area contributed by atoms with Crippen LogP contribution in [0.25, 0.3) is 0 Å². The third-order valence-corrected chi connectivity index (χ3v) is 2.87. The summed E-state index contributed by atoms with van der Waals surface area (Å²) in [6.45, 7) is -0.0287. The second-order valence-corrected chi connectivity index (χ2v) is 3.91. The van der Waals surface area contributed by atoms with E-state index in [-0.39, 0.29) is 28.6 Å². The molecule has 1 N–H and O–H groups in total. The molecule has 0 radical (unpaired) electrons. The number of nitrogens with one attached hydrogen (secondary N) is 1. The monoisotopic (exact) mass is 303 g/mol. The van der Waals surface area contributed by atoms with Crippen molar-refractivity contribution in [1.29, 1.82) is 0 Å². The molecule has 84 valence electrons. The molecular weight excluding hydrogens is 297 g/mol. The molecule has 1 aromatic heterocycles. The Kier molecular flexibility index (Phi) is 4.52. The van der Waals surface area contributed by atoms with Crippen LogP contribution in [0.1, 0.15) is 0 Å². The molecule has 0 aliphatic heterocycles. The van der Waals surface area contributed by atoms with Crippen LogP contribution < -0.4 is 10.9 Å². The van der Waals surface area contributed by atoms with Gasteiger partial charge < -0.3 is 5.32 Å². The van der Waals surface area contributed by atoms with Gasteiger partial charge in [-0.1, -0.05) is 17.5 Å². The number of nitrogens with zero attached hydrogens (tertiary/aromatic N) is 2. The molecule has 0 saturated carbocycles. The van der Waals surface area contributed by atoms with Crippen LogP contribution in [-0.4, -0.2) is 22.0 Å². The van der Waals surface area contributed by atoms with Crippen molar-refractivity contribution in [3.63, 3.8) is 0 Å². The van der Waals surface area contributed by atoms with E-state index in [9.17, 15) is 9.59 Å². The van der Waals surface area contributed by atoms with Crippen molar-refractivity contribution < 1.29 is 4.79 Å². The van der Waals surface area contributed by atoms with Crippen molar-refractivity contribution in [3.8, 4) is 12.3 Å². The number of carbonyl (C=O) groups excluding carboxylic acids is 1. The molecule has 0 saturated heterocycles. The lowest BCUT2D eigenvalue weighted by molar-refractivity contribution is -0.121. The summed E-state index contributed by atoms with van der Waals surface area (Å²) < 4.78 is 1.25. The van der Waals surface area contributed by atoms with E-state index in [1.807, 2.05) is 0 Å². The van der Waals surface area contributed by atoms with Crippen LogP contribution in [0.3, 0.4) is 0 Å². The van der Waals surface area contributed by atoms with E-state index in [0.29, 0.717) is 0 Å². The third kappa shape index (κ3) is 3.08. The fourth-order valence-electron chi connectivity index (χ4n) is 0.917. The zero-order valence-corrected chi connectivity index (χ0v) is 10.4. The van der Waals surface area contributed by atoms with Crippen LogP contribution in [0.5, 0.6) is 0 Å². The number of hydrogen-bond donors (Lipinski definition) is 1. The molecule has 0 spiro atoms. The van der Waals surface area contributed by atoms with E-state index < -0.39 is 5.56 Å². The van der Waals surface area contributed by atoms with Gasteiger partial charge in [0.15, 0.2) is 5.15 Å². The molecular formula is C9H7BrClN3O2. The fourth-order valence-corrected chi connectivity index (χ4v) is 1.37. The van der Waals surface area contributed by atoms with Crippen molar-refractivity contribution in [3.05, 3.63) is 26.3 Å². The minimum Gasteiger partial charge on any atom is -0.344 e. The van der Waals surface area contributed by atoms with Gasteiger partial charge in [-0.2, -0.15) is 0 Å². The number of halogens is 2. The van der Waals surface area contributed by atoms with Gasteiger partial charge in [0.05, 0.1) is 12.9 Å². The zero-order valence-electron chi connectivity index (χ0n) is 8.04. The Morgan fingerprint density at radius 2 is 2.44 bits per heavy atom. The number of carbonyl (C=O) groups is 1. The molecule has 0 atom stereocenters. The summed E-state index contributed by atoms with van der Waals surface area (Å²) in [5.74, 6) is 1.89. The summed E-state index contributed by atoms with van der Waals surface area (Å²) >= 11 is 8.59. The van der Waals surface area contributed by atoms with Gasteiger partial charge in [0, 0.05) is 0 Å². The minimum atomic E-state index is -0.421. The van der Waals surface area contributed by atoms with Crippen molar-refractivity contribution in [2.24, 2.45) is 0 Å². The van der Waals surface area contributed by atoms with Gasteiger partial charge in [0.1, 0.15) is 11.0 Å². The molecule has 0 aromatic carbocycles. The van der Waals surface area contributed by atoms with Gasteiger partial charge >= 0.3 is 0 Å². The molecule has 1 rings (SSSR count). The molecule has 0 unspecified atom stereocenters. The molecule has 0 aliphatic rings. The van der Waals surface area contributed by atoms with Crippen LogP contribution in [-0.2, 0) is 11.3 Å². The Bertz CT molecular complexity index is 506. The van der Waals surface area contributed by atoms with Crippen LogP contribution in [0.2, 0.25) is 5.15 Å². The number of amides is 1. The highest BCUT2D eigenvalue weighted by Crippen LogP contribution is 2.13. The smallest absolute Gasteiger partial charge is 0.269 e. The first-order chi connectivity index (χ1) is 7.56. The maximum atomic E-state index is 11.6. The average molecular weight is 305 g/mol. The Morgan fingerprint density at radius 1 is 1.75 bits per heavy atom. The molecule has 0 aliphatic carbocycles. The first-order valence-corrected chi connectivity index (χ1v) is 5.34. The average Bonchev–Trinajstić information content (AvgIpc) is 2.27. The van der Waals surface area contributed by atoms with Gasteiger partial charge in [-0.25, -0.2) is 4.98 Å². The zero-order chi connectivity index (χ0) is 12.1. The highest BCUT2D eigenvalue weighted by Gasteiger charge is 2.09. The Hall–Kier alpha value is -1.32. The van der Waals surface area contributed by atoms with E-state index in [4.69, 9.17) is 18.0 Å². The number of rotatable bonds is 3. The van der Waals surface area contributed by atoms with Gasteiger partial charge in [0.2, 0.25) is 5.91 Å². The lowest BCUT2D eigenvalue weighted by Gasteiger charge is -2.05. The predicted octanol–water partition coefficient (Wildman–Crippen LogP) is 0.409. The topological polar surface area (TPSA) is 64.0 Å². The summed E-state index contributed by atoms with van der Waals surface area (Å²) in [5, 5.41) is 2.49. The summed E-state index contributed by atoms with van der Waals surface area (Å²) in [7, 11) is 0. The molecule has 1 amide bonds. The SMILES string of the molecule is C#CCNC(=O)Cn1cnc(Cl)c(Br)c1=O. The largest absolute Gasteiger partial charge is 0.344 e. The number of hydrogen-bond acceptors (Lipinski definition) is 3. The van der Waals surface area contributed by atoms with E-state index in [0.717, 1.165) is 4.57 Å². The molecule has 1 aromatic rings. The summed E-state index contributed by atoms with van der Waals surface area (Å²) in [6.07, 6.45) is 6.17. The normalized spacial score (nSPS) is 9.56. The lowest BCUT2D eigenvalue weighted by Crippen LogP contribution is -2.32. The van der Waals surface area contributed by atoms with Crippen molar-refractivity contribution in [2.75, 3.05) is 6.54 Å². The molecule has 1 heterocycles. The van der Waals surface area contributed by atoms with Crippen molar-refractivity contribution in [1.82, 2.24) is 14.9 Å². The first kappa shape index (κ1) is 12.7. The van der Waals surface area contributed by atoms with E-state index in [2.05, 4.69) is 32.2 Å². The standard InChI is InChI=1S/C9H7BrClN3O2/c1-2-3-12-6(15)4-14-5-13-8(11)7(10)9(14)16/h1,5H,3-4H2,(H,12,15). The van der Waals surface area contributed by atoms with Crippen LogP contribution in [0.15, 0.2) is 15.6 Å². The Balaban J connectivity index is 2.84. The minimum absolute atomic E-state index is 0.0604. The van der Waals surface area contributed by atoms with E-state index in [1.54, 1.807) is 0 Å². The lowest BCUT2D eigenvalue weighted by atomic mass is 10.5. The number of terminal acetylenes is 1. The van der Waals surface area contributed by atoms with Gasteiger partial charge in [-0.05, 0) is 15.9 Å². The maximum absolute atomic E-state index is 11.6. The highest BCUT2D eigenvalue weighted by molar-refractivity contribution is 9.10. The molecule has 0 bridgehead atoms. The second kappa shape index (κ2) is 5.68. The Morgan fingerprint density at radius 3 is 3.06 bits per heavy atom. The van der Waals surface area contributed by atoms with Crippen molar-refractivity contribution >= 4 is 33.4 Å². The van der Waals surface area contributed by atoms with Crippen LogP contribution in [0.4, 0.5) is 0 Å². The fraction of sp³-hybridized carbons (Fsp3) is 0.222. The van der Waals surface area contributed by atoms with Crippen LogP contribution >= 0.6 is 27.5 Å². The summed E-state index contributed by atoms with van der Waals surface area (Å²) in [4.78, 5) is 26.6. The van der Waals surface area contributed by atoms with Crippen LogP contribution in [0, 0.1) is 12.3 Å². The molecule has 0 fully saturated rings. The third-order valence-electron chi connectivity index (χ3n) is 1.64. The highest BCUT2D eigenvalue weighted by atomic mass is 79.9. The molecule has 16 heavy (non-hydrogen) atoms. The maximum Gasteiger partial charge on any atom is 0.269 e. The van der Waals surface area contributed by atoms with Crippen molar-refractivity contribution in [2.45, 2.75) is 6.54 Å². The van der Waals surface area contributed by atoms with E-state index in [1.165, 1.54) is 6.33 Å². The number of aromatic nitrogens is 2. The molecule has 7 heteroatoms. The summed E-state index contributed by atoms with van der Waals surface area (Å²) in [6, 6.07) is 0. The first-order valence-electron chi connectivity index (χ1n) is 4.17.